The molecule has 0 saturated carbocycles. The van der Waals surface area contributed by atoms with Crippen molar-refractivity contribution >= 4 is 22.6 Å². The van der Waals surface area contributed by atoms with Crippen LogP contribution >= 0.6 is 0 Å². The van der Waals surface area contributed by atoms with E-state index in [9.17, 15) is 4.79 Å². The van der Waals surface area contributed by atoms with Gasteiger partial charge >= 0.3 is 6.03 Å². The van der Waals surface area contributed by atoms with E-state index in [-0.39, 0.29) is 6.03 Å². The lowest BCUT2D eigenvalue weighted by Crippen LogP contribution is -2.30. The molecule has 2 rings (SSSR count). The summed E-state index contributed by atoms with van der Waals surface area (Å²) in [6.07, 6.45) is 2.80. The number of hydrogen-bond donors (Lipinski definition) is 3. The van der Waals surface area contributed by atoms with Gasteiger partial charge in [0, 0.05) is 23.6 Å². The van der Waals surface area contributed by atoms with Crippen molar-refractivity contribution in [2.24, 2.45) is 5.92 Å². The number of hydrogen-bond acceptors (Lipinski definition) is 1. The number of amides is 2. The molecule has 1 aromatic carbocycles. The summed E-state index contributed by atoms with van der Waals surface area (Å²) in [4.78, 5) is 14.8. The normalized spacial score (nSPS) is 10.8. The lowest BCUT2D eigenvalue weighted by atomic mass is 10.1. The molecule has 0 aliphatic heterocycles. The molecular formula is C14H19N3O. The van der Waals surface area contributed by atoms with E-state index in [1.54, 1.807) is 0 Å². The lowest BCUT2D eigenvalue weighted by Gasteiger charge is -2.08. The molecule has 0 saturated heterocycles. The summed E-state index contributed by atoms with van der Waals surface area (Å²) in [5, 5.41) is 6.73. The summed E-state index contributed by atoms with van der Waals surface area (Å²) in [7, 11) is 0. The van der Waals surface area contributed by atoms with Crippen LogP contribution in [0.2, 0.25) is 0 Å². The number of fused-ring (bicyclic) bond motifs is 1. The molecule has 0 spiro atoms. The van der Waals surface area contributed by atoms with Crippen molar-refractivity contribution in [1.82, 2.24) is 10.3 Å². The third-order valence-corrected chi connectivity index (χ3v) is 2.84. The Balaban J connectivity index is 1.95. The Morgan fingerprint density at radius 2 is 2.11 bits per heavy atom. The Kier molecular flexibility index (Phi) is 3.87. The molecule has 4 nitrogen and oxygen atoms in total. The van der Waals surface area contributed by atoms with Crippen LogP contribution in [-0.4, -0.2) is 17.6 Å². The van der Waals surface area contributed by atoms with Gasteiger partial charge in [0.2, 0.25) is 0 Å². The third-order valence-electron chi connectivity index (χ3n) is 2.84. The largest absolute Gasteiger partial charge is 0.359 e. The van der Waals surface area contributed by atoms with Crippen LogP contribution in [0.4, 0.5) is 10.5 Å². The summed E-state index contributed by atoms with van der Waals surface area (Å²) in [6.45, 7) is 4.98. The zero-order chi connectivity index (χ0) is 13.0. The molecule has 2 aromatic rings. The second kappa shape index (κ2) is 5.58. The zero-order valence-electron chi connectivity index (χ0n) is 10.8. The molecule has 0 aliphatic carbocycles. The Morgan fingerprint density at radius 3 is 2.89 bits per heavy atom. The average Bonchev–Trinajstić information content (AvgIpc) is 2.72. The fourth-order valence-corrected chi connectivity index (χ4v) is 1.82. The highest BCUT2D eigenvalue weighted by Gasteiger charge is 2.06. The van der Waals surface area contributed by atoms with Gasteiger partial charge in [0.15, 0.2) is 0 Å². The van der Waals surface area contributed by atoms with Crippen LogP contribution in [0.25, 0.3) is 10.9 Å². The summed E-state index contributed by atoms with van der Waals surface area (Å²) in [5.41, 5.74) is 1.84. The van der Waals surface area contributed by atoms with Gasteiger partial charge in [-0.3, -0.25) is 0 Å². The number of urea groups is 1. The van der Waals surface area contributed by atoms with Crippen molar-refractivity contribution in [3.05, 3.63) is 30.5 Å². The number of para-hydroxylation sites is 1. The van der Waals surface area contributed by atoms with Crippen LogP contribution < -0.4 is 10.6 Å². The first-order valence-corrected chi connectivity index (χ1v) is 6.28. The van der Waals surface area contributed by atoms with Crippen molar-refractivity contribution in [3.8, 4) is 0 Å². The van der Waals surface area contributed by atoms with Crippen LogP contribution in [0.5, 0.6) is 0 Å². The molecule has 0 unspecified atom stereocenters. The number of H-pyrrole nitrogens is 1. The fourth-order valence-electron chi connectivity index (χ4n) is 1.82. The number of aromatic nitrogens is 1. The highest BCUT2D eigenvalue weighted by molar-refractivity contribution is 6.00. The molecule has 0 radical (unpaired) electrons. The van der Waals surface area contributed by atoms with Gasteiger partial charge in [0.05, 0.1) is 5.69 Å². The summed E-state index contributed by atoms with van der Waals surface area (Å²) in [5.74, 6) is 0.596. The van der Waals surface area contributed by atoms with Crippen molar-refractivity contribution in [3.63, 3.8) is 0 Å². The Hall–Kier alpha value is -1.97. The second-order valence-corrected chi connectivity index (χ2v) is 4.81. The van der Waals surface area contributed by atoms with Crippen molar-refractivity contribution < 1.29 is 4.79 Å². The van der Waals surface area contributed by atoms with E-state index in [0.717, 1.165) is 23.0 Å². The van der Waals surface area contributed by atoms with E-state index in [2.05, 4.69) is 29.5 Å². The molecule has 2 amide bonds. The monoisotopic (exact) mass is 245 g/mol. The minimum Gasteiger partial charge on any atom is -0.359 e. The topological polar surface area (TPSA) is 56.9 Å². The maximum absolute atomic E-state index is 11.7. The standard InChI is InChI=1S/C14H19N3O/c1-10(2)7-8-15-14(18)17-13-9-16-12-6-4-3-5-11(12)13/h3-6,9-10,16H,7-8H2,1-2H3,(H2,15,17,18). The summed E-state index contributed by atoms with van der Waals surface area (Å²) in [6, 6.07) is 7.73. The molecule has 0 aliphatic rings. The van der Waals surface area contributed by atoms with Gasteiger partial charge in [0.25, 0.3) is 0 Å². The molecule has 4 heteroatoms. The van der Waals surface area contributed by atoms with E-state index in [0.29, 0.717) is 12.5 Å². The fraction of sp³-hybridized carbons (Fsp3) is 0.357. The van der Waals surface area contributed by atoms with Crippen molar-refractivity contribution in [1.29, 1.82) is 0 Å². The highest BCUT2D eigenvalue weighted by Crippen LogP contribution is 2.22. The van der Waals surface area contributed by atoms with Crippen LogP contribution in [0.15, 0.2) is 30.5 Å². The predicted molar refractivity (Wildman–Crippen MR) is 74.8 cm³/mol. The van der Waals surface area contributed by atoms with Crippen LogP contribution in [-0.2, 0) is 0 Å². The molecule has 1 heterocycles. The molecule has 3 N–H and O–H groups in total. The number of carbonyl (C=O) groups is 1. The highest BCUT2D eigenvalue weighted by atomic mass is 16.2. The van der Waals surface area contributed by atoms with E-state index in [4.69, 9.17) is 0 Å². The first-order chi connectivity index (χ1) is 8.66. The molecule has 96 valence electrons. The predicted octanol–water partition coefficient (Wildman–Crippen LogP) is 3.34. The molecule has 0 atom stereocenters. The maximum atomic E-state index is 11.7. The molecule has 18 heavy (non-hydrogen) atoms. The average molecular weight is 245 g/mol. The maximum Gasteiger partial charge on any atom is 0.319 e. The van der Waals surface area contributed by atoms with E-state index in [1.807, 2.05) is 30.5 Å². The van der Waals surface area contributed by atoms with Gasteiger partial charge in [-0.15, -0.1) is 0 Å². The van der Waals surface area contributed by atoms with Gasteiger partial charge in [-0.25, -0.2) is 4.79 Å². The number of benzene rings is 1. The molecule has 0 fully saturated rings. The summed E-state index contributed by atoms with van der Waals surface area (Å²) >= 11 is 0. The third kappa shape index (κ3) is 3.03. The molecule has 0 bridgehead atoms. The van der Waals surface area contributed by atoms with Gasteiger partial charge < -0.3 is 15.6 Å². The summed E-state index contributed by atoms with van der Waals surface area (Å²) < 4.78 is 0. The SMILES string of the molecule is CC(C)CCNC(=O)Nc1c[nH]c2ccccc12. The van der Waals surface area contributed by atoms with Crippen LogP contribution in [0.3, 0.4) is 0 Å². The van der Waals surface area contributed by atoms with Crippen LogP contribution in [0, 0.1) is 5.92 Å². The minimum atomic E-state index is -0.152. The van der Waals surface area contributed by atoms with E-state index in [1.165, 1.54) is 0 Å². The zero-order valence-corrected chi connectivity index (χ0v) is 10.8. The van der Waals surface area contributed by atoms with E-state index < -0.39 is 0 Å². The van der Waals surface area contributed by atoms with E-state index >= 15 is 0 Å². The van der Waals surface area contributed by atoms with Crippen molar-refractivity contribution in [2.45, 2.75) is 20.3 Å². The van der Waals surface area contributed by atoms with Gasteiger partial charge in [0.1, 0.15) is 0 Å². The van der Waals surface area contributed by atoms with Crippen molar-refractivity contribution in [2.75, 3.05) is 11.9 Å². The Bertz CT molecular complexity index is 531. The van der Waals surface area contributed by atoms with Crippen LogP contribution in [0.1, 0.15) is 20.3 Å². The smallest absolute Gasteiger partial charge is 0.319 e. The number of anilines is 1. The quantitative estimate of drug-likeness (QED) is 0.760. The lowest BCUT2D eigenvalue weighted by molar-refractivity contribution is 0.251. The number of carbonyl (C=O) groups excluding carboxylic acids is 1. The Morgan fingerprint density at radius 1 is 1.33 bits per heavy atom. The first kappa shape index (κ1) is 12.5. The number of nitrogens with one attached hydrogen (secondary N) is 3. The Labute approximate surface area is 107 Å². The molecule has 1 aromatic heterocycles. The number of aromatic amines is 1. The molecular weight excluding hydrogens is 226 g/mol. The van der Waals surface area contributed by atoms with Gasteiger partial charge in [-0.1, -0.05) is 32.0 Å². The van der Waals surface area contributed by atoms with Gasteiger partial charge in [-0.05, 0) is 18.4 Å². The van der Waals surface area contributed by atoms with Gasteiger partial charge in [-0.2, -0.15) is 0 Å². The second-order valence-electron chi connectivity index (χ2n) is 4.81. The minimum absolute atomic E-state index is 0.152. The number of rotatable bonds is 4. The first-order valence-electron chi connectivity index (χ1n) is 6.28.